The Morgan fingerprint density at radius 3 is 2.91 bits per heavy atom. The molecule has 1 heterocycles. The second kappa shape index (κ2) is 2.27. The van der Waals surface area contributed by atoms with E-state index in [-0.39, 0.29) is 5.82 Å². The highest BCUT2D eigenvalue weighted by Crippen LogP contribution is 2.17. The first kappa shape index (κ1) is 6.73. The molecule has 56 valence electrons. The van der Waals surface area contributed by atoms with E-state index in [2.05, 4.69) is 12.8 Å². The van der Waals surface area contributed by atoms with Crippen molar-refractivity contribution in [1.29, 1.82) is 0 Å². The Bertz CT molecular complexity index is 394. The number of benzene rings is 1. The van der Waals surface area contributed by atoms with Gasteiger partial charge in [0, 0.05) is 11.6 Å². The van der Waals surface area contributed by atoms with Crippen LogP contribution in [0.4, 0.5) is 4.39 Å². The highest BCUT2D eigenvalue weighted by atomic mass is 32.1. The zero-order chi connectivity index (χ0) is 7.84. The van der Waals surface area contributed by atoms with Crippen LogP contribution < -0.4 is 0 Å². The van der Waals surface area contributed by atoms with Crippen LogP contribution in [0.1, 0.15) is 0 Å². The summed E-state index contributed by atoms with van der Waals surface area (Å²) in [5, 5.41) is 1.00. The Hall–Kier alpha value is -0.960. The second-order valence-electron chi connectivity index (χ2n) is 2.36. The van der Waals surface area contributed by atoms with E-state index in [0.29, 0.717) is 0 Å². The van der Waals surface area contributed by atoms with Crippen molar-refractivity contribution in [3.05, 3.63) is 36.3 Å². The van der Waals surface area contributed by atoms with Crippen molar-refractivity contribution < 1.29 is 4.39 Å². The fraction of sp³-hybridized carbons (Fsp3) is 0. The van der Waals surface area contributed by atoms with Crippen LogP contribution in [0, 0.1) is 5.82 Å². The molecule has 0 amide bonds. The van der Waals surface area contributed by atoms with Gasteiger partial charge in [0.2, 0.25) is 0 Å². The Morgan fingerprint density at radius 1 is 1.27 bits per heavy atom. The number of halogens is 1. The first-order chi connectivity index (χ1) is 5.27. The fourth-order valence-corrected chi connectivity index (χ4v) is 1.33. The van der Waals surface area contributed by atoms with Gasteiger partial charge >= 0.3 is 0 Å². The average Bonchev–Trinajstić information content (AvgIpc) is 2.33. The highest BCUT2D eigenvalue weighted by Gasteiger charge is 1.98. The van der Waals surface area contributed by atoms with E-state index in [1.165, 1.54) is 12.1 Å². The summed E-state index contributed by atoms with van der Waals surface area (Å²) in [7, 11) is 0. The van der Waals surface area contributed by atoms with Crippen molar-refractivity contribution in [3.8, 4) is 0 Å². The molecule has 1 nitrogen and oxygen atoms in total. The third-order valence-electron chi connectivity index (χ3n) is 1.63. The van der Waals surface area contributed by atoms with Crippen molar-refractivity contribution >= 4 is 23.7 Å². The van der Waals surface area contributed by atoms with Gasteiger partial charge in [-0.05, 0) is 24.3 Å². The zero-order valence-corrected chi connectivity index (χ0v) is 6.55. The first-order valence-corrected chi connectivity index (χ1v) is 3.63. The predicted molar refractivity (Wildman–Crippen MR) is 46.3 cm³/mol. The lowest BCUT2D eigenvalue weighted by molar-refractivity contribution is 0.629. The molecule has 0 saturated heterocycles. The van der Waals surface area contributed by atoms with E-state index in [1.807, 2.05) is 6.07 Å². The number of hydrogen-bond donors (Lipinski definition) is 1. The van der Waals surface area contributed by atoms with Gasteiger partial charge in [-0.2, -0.15) is 0 Å². The van der Waals surface area contributed by atoms with E-state index in [4.69, 9.17) is 0 Å². The van der Waals surface area contributed by atoms with Crippen LogP contribution in [0.2, 0.25) is 0 Å². The first-order valence-electron chi connectivity index (χ1n) is 3.23. The Balaban J connectivity index is 2.87. The Morgan fingerprint density at radius 2 is 2.09 bits per heavy atom. The summed E-state index contributed by atoms with van der Waals surface area (Å²) in [6.45, 7) is 0. The Labute approximate surface area is 69.0 Å². The molecule has 0 radical (unpaired) electrons. The van der Waals surface area contributed by atoms with Crippen molar-refractivity contribution in [2.75, 3.05) is 0 Å². The van der Waals surface area contributed by atoms with Crippen LogP contribution in [-0.2, 0) is 0 Å². The summed E-state index contributed by atoms with van der Waals surface area (Å²) in [5.74, 6) is -0.230. The van der Waals surface area contributed by atoms with Gasteiger partial charge in [-0.1, -0.05) is 12.8 Å². The van der Waals surface area contributed by atoms with Crippen LogP contribution in [0.5, 0.6) is 0 Å². The minimum Gasteiger partial charge on any atom is -0.294 e. The fourth-order valence-electron chi connectivity index (χ4n) is 1.09. The van der Waals surface area contributed by atoms with Crippen molar-refractivity contribution in [1.82, 2.24) is 3.97 Å². The molecule has 0 fully saturated rings. The summed E-state index contributed by atoms with van der Waals surface area (Å²) in [5.41, 5.74) is 0.799. The molecule has 0 N–H and O–H groups in total. The van der Waals surface area contributed by atoms with E-state index < -0.39 is 0 Å². The van der Waals surface area contributed by atoms with Crippen LogP contribution in [0.15, 0.2) is 30.5 Å². The molecule has 11 heavy (non-hydrogen) atoms. The molecule has 0 atom stereocenters. The molecule has 0 spiro atoms. The number of aromatic nitrogens is 1. The topological polar surface area (TPSA) is 4.93 Å². The SMILES string of the molecule is Fc1ccc2ccn(S)c2c1. The third-order valence-corrected chi connectivity index (χ3v) is 1.98. The van der Waals surface area contributed by atoms with Crippen molar-refractivity contribution in [2.24, 2.45) is 0 Å². The lowest BCUT2D eigenvalue weighted by atomic mass is 10.2. The molecule has 0 bridgehead atoms. The lowest BCUT2D eigenvalue weighted by Gasteiger charge is -1.93. The predicted octanol–water partition coefficient (Wildman–Crippen LogP) is 2.47. The van der Waals surface area contributed by atoms with Crippen LogP contribution in [0.25, 0.3) is 10.9 Å². The molecule has 2 aromatic rings. The molecule has 0 aliphatic rings. The van der Waals surface area contributed by atoms with E-state index in [1.54, 1.807) is 16.2 Å². The maximum atomic E-state index is 12.6. The molecule has 3 heteroatoms. The summed E-state index contributed by atoms with van der Waals surface area (Å²) in [6.07, 6.45) is 1.78. The van der Waals surface area contributed by atoms with Crippen LogP contribution >= 0.6 is 12.8 Å². The monoisotopic (exact) mass is 167 g/mol. The summed E-state index contributed by atoms with van der Waals surface area (Å²) in [4.78, 5) is 0. The van der Waals surface area contributed by atoms with Gasteiger partial charge in [-0.15, -0.1) is 0 Å². The van der Waals surface area contributed by atoms with Gasteiger partial charge < -0.3 is 0 Å². The largest absolute Gasteiger partial charge is 0.294 e. The van der Waals surface area contributed by atoms with Crippen molar-refractivity contribution in [3.63, 3.8) is 0 Å². The lowest BCUT2D eigenvalue weighted by Crippen LogP contribution is -1.77. The number of hydrogen-bond acceptors (Lipinski definition) is 1. The number of nitrogens with zero attached hydrogens (tertiary/aromatic N) is 1. The maximum Gasteiger partial charge on any atom is 0.125 e. The molecular formula is C8H6FNS. The Kier molecular flexibility index (Phi) is 1.39. The molecule has 1 aromatic heterocycles. The smallest absolute Gasteiger partial charge is 0.125 e. The number of fused-ring (bicyclic) bond motifs is 1. The summed E-state index contributed by atoms with van der Waals surface area (Å²) in [6, 6.07) is 6.53. The molecule has 0 unspecified atom stereocenters. The minimum atomic E-state index is -0.230. The maximum absolute atomic E-state index is 12.6. The van der Waals surface area contributed by atoms with Crippen LogP contribution in [-0.4, -0.2) is 3.97 Å². The van der Waals surface area contributed by atoms with E-state index >= 15 is 0 Å². The number of rotatable bonds is 0. The molecule has 2 rings (SSSR count). The van der Waals surface area contributed by atoms with E-state index in [9.17, 15) is 4.39 Å². The van der Waals surface area contributed by atoms with E-state index in [0.717, 1.165) is 10.9 Å². The average molecular weight is 167 g/mol. The van der Waals surface area contributed by atoms with Gasteiger partial charge in [0.25, 0.3) is 0 Å². The van der Waals surface area contributed by atoms with Gasteiger partial charge in [-0.25, -0.2) is 4.39 Å². The summed E-state index contributed by atoms with van der Waals surface area (Å²) >= 11 is 4.10. The normalized spacial score (nSPS) is 10.7. The number of thiol groups is 1. The van der Waals surface area contributed by atoms with Gasteiger partial charge in [0.05, 0.1) is 5.52 Å². The van der Waals surface area contributed by atoms with Gasteiger partial charge in [-0.3, -0.25) is 3.97 Å². The van der Waals surface area contributed by atoms with Crippen LogP contribution in [0.3, 0.4) is 0 Å². The van der Waals surface area contributed by atoms with Gasteiger partial charge in [0.15, 0.2) is 0 Å². The standard InChI is InChI=1S/C8H6FNS/c9-7-2-1-6-3-4-10(11)8(6)5-7/h1-5,11H. The highest BCUT2D eigenvalue weighted by molar-refractivity contribution is 7.78. The van der Waals surface area contributed by atoms with Gasteiger partial charge in [0.1, 0.15) is 5.82 Å². The van der Waals surface area contributed by atoms with Crippen molar-refractivity contribution in [2.45, 2.75) is 0 Å². The molecule has 0 aliphatic heterocycles. The molecule has 0 aliphatic carbocycles. The summed E-state index contributed by atoms with van der Waals surface area (Å²) < 4.78 is 14.2. The molecule has 1 aromatic carbocycles. The third kappa shape index (κ3) is 1.01. The quantitative estimate of drug-likeness (QED) is 0.575. The zero-order valence-electron chi connectivity index (χ0n) is 5.66. The second-order valence-corrected chi connectivity index (χ2v) is 2.79. The molecular weight excluding hydrogens is 161 g/mol. The molecule has 0 saturated carbocycles. The minimum absolute atomic E-state index is 0.230.